The van der Waals surface area contributed by atoms with Crippen molar-refractivity contribution in [1.29, 1.82) is 0 Å². The fraction of sp³-hybridized carbons (Fsp3) is 0.786. The average Bonchev–Trinajstić information content (AvgIpc) is 3.11. The Balaban J connectivity index is 1.56. The van der Waals surface area contributed by atoms with Crippen molar-refractivity contribution in [3.63, 3.8) is 0 Å². The molecule has 1 N–H and O–H groups in total. The highest BCUT2D eigenvalue weighted by molar-refractivity contribution is 5.39. The minimum atomic E-state index is 0.684. The van der Waals surface area contributed by atoms with Gasteiger partial charge in [0.2, 0.25) is 0 Å². The number of aryl methyl sites for hydroxylation is 1. The molecule has 1 heterocycles. The molecule has 0 bridgehead atoms. The molecule has 3 heteroatoms. The number of nitrogens with one attached hydrogen (secondary N) is 1. The molecule has 2 fully saturated rings. The van der Waals surface area contributed by atoms with Crippen LogP contribution in [-0.4, -0.2) is 15.8 Å². The zero-order valence-corrected chi connectivity index (χ0v) is 10.7. The van der Waals surface area contributed by atoms with Gasteiger partial charge in [0.25, 0.3) is 0 Å². The van der Waals surface area contributed by atoms with Gasteiger partial charge in [-0.3, -0.25) is 4.68 Å². The van der Waals surface area contributed by atoms with Gasteiger partial charge >= 0.3 is 0 Å². The third kappa shape index (κ3) is 2.64. The van der Waals surface area contributed by atoms with Gasteiger partial charge in [-0.25, -0.2) is 0 Å². The lowest BCUT2D eigenvalue weighted by Gasteiger charge is -2.30. The summed E-state index contributed by atoms with van der Waals surface area (Å²) in [6.45, 7) is 3.08. The van der Waals surface area contributed by atoms with Crippen molar-refractivity contribution in [1.82, 2.24) is 9.78 Å². The molecule has 0 spiro atoms. The van der Waals surface area contributed by atoms with Gasteiger partial charge < -0.3 is 5.32 Å². The van der Waals surface area contributed by atoms with Crippen molar-refractivity contribution in [2.24, 2.45) is 11.8 Å². The molecule has 0 aliphatic heterocycles. The molecule has 3 rings (SSSR count). The molecule has 3 nitrogen and oxygen atoms in total. The predicted octanol–water partition coefficient (Wildman–Crippen LogP) is 3.28. The van der Waals surface area contributed by atoms with Crippen LogP contribution < -0.4 is 5.32 Å². The summed E-state index contributed by atoms with van der Waals surface area (Å²) in [5.41, 5.74) is 1.20. The van der Waals surface area contributed by atoms with Gasteiger partial charge in [0, 0.05) is 18.8 Å². The summed E-state index contributed by atoms with van der Waals surface area (Å²) in [6, 6.07) is 0.684. The first kappa shape index (κ1) is 11.1. The summed E-state index contributed by atoms with van der Waals surface area (Å²) in [7, 11) is 0. The maximum absolute atomic E-state index is 4.32. The average molecular weight is 233 g/mol. The van der Waals surface area contributed by atoms with E-state index in [1.165, 1.54) is 44.2 Å². The number of rotatable bonds is 4. The second-order valence-corrected chi connectivity index (χ2v) is 5.69. The van der Waals surface area contributed by atoms with E-state index in [-0.39, 0.29) is 0 Å². The Morgan fingerprint density at radius 2 is 2.18 bits per heavy atom. The molecule has 17 heavy (non-hydrogen) atoms. The minimum Gasteiger partial charge on any atom is -0.380 e. The normalized spacial score (nSPS) is 29.2. The van der Waals surface area contributed by atoms with E-state index in [9.17, 15) is 0 Å². The largest absolute Gasteiger partial charge is 0.380 e. The lowest BCUT2D eigenvalue weighted by Crippen LogP contribution is -2.28. The first-order chi connectivity index (χ1) is 8.35. The maximum Gasteiger partial charge on any atom is 0.0728 e. The van der Waals surface area contributed by atoms with Crippen LogP contribution in [0.4, 0.5) is 5.69 Å². The SMILES string of the molecule is CCn1cc(NC2CCCC(C3CC3)C2)cn1. The summed E-state index contributed by atoms with van der Waals surface area (Å²) in [5, 5.41) is 7.99. The molecule has 0 radical (unpaired) electrons. The highest BCUT2D eigenvalue weighted by Gasteiger charge is 2.34. The topological polar surface area (TPSA) is 29.9 Å². The quantitative estimate of drug-likeness (QED) is 0.865. The van der Waals surface area contributed by atoms with Crippen LogP contribution in [0.2, 0.25) is 0 Å². The van der Waals surface area contributed by atoms with Crippen LogP contribution >= 0.6 is 0 Å². The molecule has 2 saturated carbocycles. The summed E-state index contributed by atoms with van der Waals surface area (Å²) in [4.78, 5) is 0. The van der Waals surface area contributed by atoms with Gasteiger partial charge in [0.1, 0.15) is 0 Å². The summed E-state index contributed by atoms with van der Waals surface area (Å²) in [5.74, 6) is 2.07. The zero-order valence-electron chi connectivity index (χ0n) is 10.7. The minimum absolute atomic E-state index is 0.684. The van der Waals surface area contributed by atoms with Crippen molar-refractivity contribution < 1.29 is 0 Å². The molecule has 0 amide bonds. The van der Waals surface area contributed by atoms with E-state index in [0.717, 1.165) is 18.4 Å². The number of anilines is 1. The van der Waals surface area contributed by atoms with Crippen molar-refractivity contribution in [3.8, 4) is 0 Å². The monoisotopic (exact) mass is 233 g/mol. The fourth-order valence-corrected chi connectivity index (χ4v) is 3.20. The number of hydrogen-bond donors (Lipinski definition) is 1. The first-order valence-corrected chi connectivity index (χ1v) is 7.14. The Morgan fingerprint density at radius 1 is 1.29 bits per heavy atom. The highest BCUT2D eigenvalue weighted by atomic mass is 15.3. The standard InChI is InChI=1S/C14H23N3/c1-2-17-10-14(9-15-17)16-13-5-3-4-12(8-13)11-6-7-11/h9-13,16H,2-8H2,1H3. The Hall–Kier alpha value is -0.990. The molecule has 2 unspecified atom stereocenters. The van der Waals surface area contributed by atoms with E-state index in [2.05, 4.69) is 23.5 Å². The molecule has 0 aromatic carbocycles. The van der Waals surface area contributed by atoms with E-state index < -0.39 is 0 Å². The third-order valence-corrected chi connectivity index (χ3v) is 4.33. The van der Waals surface area contributed by atoms with Crippen LogP contribution in [0.15, 0.2) is 12.4 Å². The van der Waals surface area contributed by atoms with Crippen LogP contribution in [0.3, 0.4) is 0 Å². The second kappa shape index (κ2) is 4.71. The van der Waals surface area contributed by atoms with E-state index in [1.807, 2.05) is 10.9 Å². The molecule has 1 aromatic rings. The lowest BCUT2D eigenvalue weighted by atomic mass is 9.82. The molecule has 0 saturated heterocycles. The van der Waals surface area contributed by atoms with Gasteiger partial charge in [-0.1, -0.05) is 12.8 Å². The number of hydrogen-bond acceptors (Lipinski definition) is 2. The van der Waals surface area contributed by atoms with Crippen LogP contribution in [-0.2, 0) is 6.54 Å². The Kier molecular flexibility index (Phi) is 3.08. The van der Waals surface area contributed by atoms with Crippen LogP contribution in [0.25, 0.3) is 0 Å². The molecule has 2 atom stereocenters. The smallest absolute Gasteiger partial charge is 0.0728 e. The zero-order chi connectivity index (χ0) is 11.7. The van der Waals surface area contributed by atoms with Gasteiger partial charge in [-0.15, -0.1) is 0 Å². The van der Waals surface area contributed by atoms with Crippen LogP contribution in [0.1, 0.15) is 45.4 Å². The van der Waals surface area contributed by atoms with Gasteiger partial charge in [-0.2, -0.15) is 5.10 Å². The van der Waals surface area contributed by atoms with Gasteiger partial charge in [0.15, 0.2) is 0 Å². The summed E-state index contributed by atoms with van der Waals surface area (Å²) >= 11 is 0. The number of nitrogens with zero attached hydrogens (tertiary/aromatic N) is 2. The predicted molar refractivity (Wildman–Crippen MR) is 70.0 cm³/mol. The van der Waals surface area contributed by atoms with Gasteiger partial charge in [-0.05, 0) is 44.4 Å². The van der Waals surface area contributed by atoms with Crippen LogP contribution in [0, 0.1) is 11.8 Å². The van der Waals surface area contributed by atoms with Crippen LogP contribution in [0.5, 0.6) is 0 Å². The Bertz CT molecular complexity index is 367. The molecule has 94 valence electrons. The van der Waals surface area contributed by atoms with Crippen molar-refractivity contribution in [2.45, 2.75) is 58.0 Å². The molecular formula is C14H23N3. The van der Waals surface area contributed by atoms with E-state index >= 15 is 0 Å². The molecule has 2 aliphatic rings. The Morgan fingerprint density at radius 3 is 2.88 bits per heavy atom. The third-order valence-electron chi connectivity index (χ3n) is 4.33. The van der Waals surface area contributed by atoms with E-state index in [4.69, 9.17) is 0 Å². The van der Waals surface area contributed by atoms with Crippen molar-refractivity contribution in [3.05, 3.63) is 12.4 Å². The van der Waals surface area contributed by atoms with Gasteiger partial charge in [0.05, 0.1) is 11.9 Å². The first-order valence-electron chi connectivity index (χ1n) is 7.14. The summed E-state index contributed by atoms with van der Waals surface area (Å²) in [6.07, 6.45) is 12.7. The van der Waals surface area contributed by atoms with E-state index in [1.54, 1.807) is 0 Å². The molecule has 2 aliphatic carbocycles. The second-order valence-electron chi connectivity index (χ2n) is 5.69. The molecule has 1 aromatic heterocycles. The fourth-order valence-electron chi connectivity index (χ4n) is 3.20. The van der Waals surface area contributed by atoms with Crippen molar-refractivity contribution >= 4 is 5.69 Å². The Labute approximate surface area is 104 Å². The number of aromatic nitrogens is 2. The molecular weight excluding hydrogens is 210 g/mol. The summed E-state index contributed by atoms with van der Waals surface area (Å²) < 4.78 is 1.99. The highest BCUT2D eigenvalue weighted by Crippen LogP contribution is 2.44. The lowest BCUT2D eigenvalue weighted by molar-refractivity contribution is 0.303. The maximum atomic E-state index is 4.32. The van der Waals surface area contributed by atoms with E-state index in [0.29, 0.717) is 6.04 Å². The van der Waals surface area contributed by atoms with Crippen molar-refractivity contribution in [2.75, 3.05) is 5.32 Å².